The Kier molecular flexibility index (Phi) is 6.86. The molecule has 0 bridgehead atoms. The van der Waals surface area contributed by atoms with E-state index in [1.807, 2.05) is 43.9 Å². The fourth-order valence-electron chi connectivity index (χ4n) is 6.48. The standard InChI is InChI=1S/C28H38N4O3/c1-5-30-23(18-21-11-10-20(19-29)17-24(21)30)13-12-22-9-8-15-31(22)25(33)28(27(2,3)4)14-6-7-16-32(28)26(34)35/h10-11,17-18,22H,5-9,12-16H2,1-4H3,(H,34,35)/t22-,28?/m0/s1. The maximum atomic E-state index is 14.2. The molecule has 0 radical (unpaired) electrons. The first-order valence-corrected chi connectivity index (χ1v) is 13.0. The minimum atomic E-state index is -1.02. The van der Waals surface area contributed by atoms with Crippen LogP contribution >= 0.6 is 0 Å². The lowest BCUT2D eigenvalue weighted by Gasteiger charge is -2.53. The van der Waals surface area contributed by atoms with E-state index in [0.29, 0.717) is 25.1 Å². The molecule has 35 heavy (non-hydrogen) atoms. The molecule has 2 saturated heterocycles. The van der Waals surface area contributed by atoms with Crippen LogP contribution in [0.3, 0.4) is 0 Å². The summed E-state index contributed by atoms with van der Waals surface area (Å²) >= 11 is 0. The predicted octanol–water partition coefficient (Wildman–Crippen LogP) is 5.41. The van der Waals surface area contributed by atoms with Gasteiger partial charge in [-0.3, -0.25) is 9.69 Å². The molecule has 0 spiro atoms. The van der Waals surface area contributed by atoms with Gasteiger partial charge in [0, 0.05) is 36.9 Å². The first-order chi connectivity index (χ1) is 16.6. The first kappa shape index (κ1) is 25.1. The van der Waals surface area contributed by atoms with Gasteiger partial charge in [0.1, 0.15) is 5.54 Å². The van der Waals surface area contributed by atoms with E-state index in [1.54, 1.807) is 0 Å². The van der Waals surface area contributed by atoms with Crippen LogP contribution in [0.25, 0.3) is 10.9 Å². The summed E-state index contributed by atoms with van der Waals surface area (Å²) in [5.74, 6) is -0.00991. The fraction of sp³-hybridized carbons (Fsp3) is 0.607. The van der Waals surface area contributed by atoms with Gasteiger partial charge in [-0.15, -0.1) is 0 Å². The van der Waals surface area contributed by atoms with Crippen molar-refractivity contribution in [3.05, 3.63) is 35.5 Å². The average Bonchev–Trinajstić information content (AvgIpc) is 3.44. The molecule has 7 heteroatoms. The summed E-state index contributed by atoms with van der Waals surface area (Å²) < 4.78 is 2.27. The Morgan fingerprint density at radius 2 is 1.94 bits per heavy atom. The number of likely N-dealkylation sites (tertiary alicyclic amines) is 2. The van der Waals surface area contributed by atoms with Crippen LogP contribution in [0.1, 0.15) is 77.5 Å². The Balaban J connectivity index is 1.59. The van der Waals surface area contributed by atoms with Gasteiger partial charge >= 0.3 is 6.09 Å². The van der Waals surface area contributed by atoms with Gasteiger partial charge < -0.3 is 14.6 Å². The predicted molar refractivity (Wildman–Crippen MR) is 136 cm³/mol. The second kappa shape index (κ2) is 9.56. The van der Waals surface area contributed by atoms with E-state index in [2.05, 4.69) is 23.6 Å². The lowest BCUT2D eigenvalue weighted by atomic mass is 9.67. The van der Waals surface area contributed by atoms with Crippen LogP contribution in [0.2, 0.25) is 0 Å². The van der Waals surface area contributed by atoms with Gasteiger partial charge in [-0.05, 0) is 80.9 Å². The maximum Gasteiger partial charge on any atom is 0.408 e. The van der Waals surface area contributed by atoms with Gasteiger partial charge in [-0.25, -0.2) is 4.79 Å². The van der Waals surface area contributed by atoms with Crippen LogP contribution in [0.4, 0.5) is 4.79 Å². The summed E-state index contributed by atoms with van der Waals surface area (Å²) in [5, 5.41) is 20.5. The number of amides is 2. The molecule has 188 valence electrons. The average molecular weight is 479 g/mol. The molecule has 1 aromatic carbocycles. The number of carboxylic acid groups (broad SMARTS) is 1. The third kappa shape index (κ3) is 4.28. The molecule has 2 atom stereocenters. The normalized spacial score (nSPS) is 23.0. The van der Waals surface area contributed by atoms with Crippen molar-refractivity contribution >= 4 is 22.9 Å². The number of aryl methyl sites for hydroxylation is 2. The van der Waals surface area contributed by atoms with Gasteiger partial charge in [-0.2, -0.15) is 5.26 Å². The topological polar surface area (TPSA) is 89.6 Å². The van der Waals surface area contributed by atoms with Crippen molar-refractivity contribution < 1.29 is 14.7 Å². The zero-order valence-corrected chi connectivity index (χ0v) is 21.5. The zero-order chi connectivity index (χ0) is 25.4. The van der Waals surface area contributed by atoms with Crippen LogP contribution in [-0.4, -0.2) is 56.1 Å². The van der Waals surface area contributed by atoms with Crippen LogP contribution in [-0.2, 0) is 17.8 Å². The molecule has 2 aliphatic rings. The van der Waals surface area contributed by atoms with Crippen LogP contribution in [0.15, 0.2) is 24.3 Å². The zero-order valence-electron chi connectivity index (χ0n) is 21.5. The summed E-state index contributed by atoms with van der Waals surface area (Å²) in [4.78, 5) is 29.9. The van der Waals surface area contributed by atoms with Crippen LogP contribution in [0, 0.1) is 16.7 Å². The number of rotatable bonds is 5. The van der Waals surface area contributed by atoms with Gasteiger partial charge in [0.15, 0.2) is 0 Å². The number of hydrogen-bond donors (Lipinski definition) is 1. The van der Waals surface area contributed by atoms with Gasteiger partial charge in [0.05, 0.1) is 11.6 Å². The number of nitriles is 1. The Labute approximate surface area is 208 Å². The third-order valence-electron chi connectivity index (χ3n) is 8.26. The Morgan fingerprint density at radius 1 is 1.17 bits per heavy atom. The SMILES string of the molecule is CCn1c(CC[C@@H]2CCCN2C(=O)C2(C(C)(C)C)CCCCN2C(=O)O)cc2ccc(C#N)cc21. The van der Waals surface area contributed by atoms with Crippen molar-refractivity contribution in [3.8, 4) is 6.07 Å². The molecule has 0 saturated carbocycles. The van der Waals surface area contributed by atoms with Crippen molar-refractivity contribution in [2.75, 3.05) is 13.1 Å². The molecular weight excluding hydrogens is 440 g/mol. The molecule has 1 unspecified atom stereocenters. The van der Waals surface area contributed by atoms with Crippen molar-refractivity contribution in [1.82, 2.24) is 14.4 Å². The number of benzene rings is 1. The van der Waals surface area contributed by atoms with Gasteiger partial charge in [0.2, 0.25) is 5.91 Å². The van der Waals surface area contributed by atoms with Crippen molar-refractivity contribution in [3.63, 3.8) is 0 Å². The lowest BCUT2D eigenvalue weighted by molar-refractivity contribution is -0.155. The highest BCUT2D eigenvalue weighted by molar-refractivity contribution is 5.91. The monoisotopic (exact) mass is 478 g/mol. The molecule has 1 aromatic heterocycles. The lowest BCUT2D eigenvalue weighted by Crippen LogP contribution is -2.69. The quantitative estimate of drug-likeness (QED) is 0.623. The molecule has 2 aliphatic heterocycles. The number of nitrogens with zero attached hydrogens (tertiary/aromatic N) is 4. The van der Waals surface area contributed by atoms with E-state index in [-0.39, 0.29) is 11.9 Å². The van der Waals surface area contributed by atoms with E-state index in [9.17, 15) is 20.0 Å². The molecule has 2 fully saturated rings. The summed E-state index contributed by atoms with van der Waals surface area (Å²) in [6.45, 7) is 10.1. The Bertz CT molecular complexity index is 1160. The molecular formula is C28H38N4O3. The maximum absolute atomic E-state index is 14.2. The molecule has 7 nitrogen and oxygen atoms in total. The molecule has 4 rings (SSSR count). The van der Waals surface area contributed by atoms with E-state index >= 15 is 0 Å². The number of hydrogen-bond acceptors (Lipinski definition) is 3. The first-order valence-electron chi connectivity index (χ1n) is 13.0. The van der Waals surface area contributed by atoms with Crippen LogP contribution < -0.4 is 0 Å². The molecule has 3 heterocycles. The number of carbonyl (C=O) groups excluding carboxylic acids is 1. The molecule has 1 N–H and O–H groups in total. The molecule has 2 amide bonds. The number of carbonyl (C=O) groups is 2. The van der Waals surface area contributed by atoms with Crippen molar-refractivity contribution in [2.24, 2.45) is 5.41 Å². The summed E-state index contributed by atoms with van der Waals surface area (Å²) in [6.07, 6.45) is 4.84. The van der Waals surface area contributed by atoms with E-state index < -0.39 is 17.0 Å². The second-order valence-corrected chi connectivity index (χ2v) is 11.1. The molecule has 2 aromatic rings. The third-order valence-corrected chi connectivity index (χ3v) is 8.26. The molecule has 0 aliphatic carbocycles. The van der Waals surface area contributed by atoms with Gasteiger partial charge in [0.25, 0.3) is 0 Å². The smallest absolute Gasteiger partial charge is 0.408 e. The minimum Gasteiger partial charge on any atom is -0.465 e. The minimum absolute atomic E-state index is 0.00991. The summed E-state index contributed by atoms with van der Waals surface area (Å²) in [5.41, 5.74) is 1.43. The highest BCUT2D eigenvalue weighted by Gasteiger charge is 2.58. The number of fused-ring (bicyclic) bond motifs is 1. The summed E-state index contributed by atoms with van der Waals surface area (Å²) in [7, 11) is 0. The van der Waals surface area contributed by atoms with E-state index in [4.69, 9.17) is 0 Å². The Morgan fingerprint density at radius 3 is 2.60 bits per heavy atom. The second-order valence-electron chi connectivity index (χ2n) is 11.1. The highest BCUT2D eigenvalue weighted by Crippen LogP contribution is 2.45. The number of aromatic nitrogens is 1. The van der Waals surface area contributed by atoms with Crippen molar-refractivity contribution in [1.29, 1.82) is 5.26 Å². The number of piperidine rings is 1. The van der Waals surface area contributed by atoms with Gasteiger partial charge in [-0.1, -0.05) is 26.8 Å². The Hall–Kier alpha value is -3.01. The van der Waals surface area contributed by atoms with E-state index in [1.165, 1.54) is 10.6 Å². The van der Waals surface area contributed by atoms with Crippen molar-refractivity contribution in [2.45, 2.75) is 90.8 Å². The fourth-order valence-corrected chi connectivity index (χ4v) is 6.48. The summed E-state index contributed by atoms with van der Waals surface area (Å²) in [6, 6.07) is 10.3. The highest BCUT2D eigenvalue weighted by atomic mass is 16.4. The van der Waals surface area contributed by atoms with E-state index in [0.717, 1.165) is 56.0 Å². The largest absolute Gasteiger partial charge is 0.465 e. The van der Waals surface area contributed by atoms with Crippen LogP contribution in [0.5, 0.6) is 0 Å².